The maximum Gasteiger partial charge on any atom is 0.248 e. The molecule has 0 radical (unpaired) electrons. The van der Waals surface area contributed by atoms with Crippen LogP contribution in [0, 0.1) is 6.92 Å². The highest BCUT2D eigenvalue weighted by molar-refractivity contribution is 5.98. The van der Waals surface area contributed by atoms with Gasteiger partial charge in [-0.3, -0.25) is 9.59 Å². The number of carbonyl (C=O) groups excluding carboxylic acids is 1. The van der Waals surface area contributed by atoms with Gasteiger partial charge in [0.2, 0.25) is 5.56 Å². The molecule has 4 heteroatoms. The Kier molecular flexibility index (Phi) is 3.66. The first-order valence-corrected chi connectivity index (χ1v) is 5.01. The van der Waals surface area contributed by atoms with E-state index in [0.717, 1.165) is 0 Å². The topological polar surface area (TPSA) is 53.2 Å². The van der Waals surface area contributed by atoms with Crippen molar-refractivity contribution in [2.24, 2.45) is 0 Å². The van der Waals surface area contributed by atoms with Crippen LogP contribution in [0.15, 0.2) is 17.1 Å². The van der Waals surface area contributed by atoms with Crippen LogP contribution in [0.5, 0.6) is 0 Å². The van der Waals surface area contributed by atoms with Crippen molar-refractivity contribution < 1.29 is 4.79 Å². The van der Waals surface area contributed by atoms with Gasteiger partial charge in [0.1, 0.15) is 0 Å². The summed E-state index contributed by atoms with van der Waals surface area (Å²) in [7, 11) is 3.75. The van der Waals surface area contributed by atoms with E-state index in [-0.39, 0.29) is 11.3 Å². The SMILES string of the molecule is CC(=O)c1c(C)cc(=O)[nH]c1/C=C/N(C)C. The first-order valence-electron chi connectivity index (χ1n) is 5.01. The number of nitrogens with one attached hydrogen (secondary N) is 1. The second-order valence-electron chi connectivity index (χ2n) is 3.94. The second kappa shape index (κ2) is 4.79. The highest BCUT2D eigenvalue weighted by Crippen LogP contribution is 2.12. The number of carbonyl (C=O) groups is 1. The van der Waals surface area contributed by atoms with Crippen LogP contribution in [0.3, 0.4) is 0 Å². The lowest BCUT2D eigenvalue weighted by Gasteiger charge is -2.07. The van der Waals surface area contributed by atoms with Crippen molar-refractivity contribution in [2.75, 3.05) is 14.1 Å². The summed E-state index contributed by atoms with van der Waals surface area (Å²) >= 11 is 0. The van der Waals surface area contributed by atoms with E-state index < -0.39 is 0 Å². The van der Waals surface area contributed by atoms with Gasteiger partial charge in [0.05, 0.1) is 5.69 Å². The molecule has 0 aliphatic rings. The summed E-state index contributed by atoms with van der Waals surface area (Å²) in [6, 6.07) is 1.43. The van der Waals surface area contributed by atoms with Gasteiger partial charge in [-0.05, 0) is 25.5 Å². The molecule has 0 unspecified atom stereocenters. The molecule has 0 saturated heterocycles. The Morgan fingerprint density at radius 1 is 1.44 bits per heavy atom. The second-order valence-corrected chi connectivity index (χ2v) is 3.94. The Morgan fingerprint density at radius 3 is 2.56 bits per heavy atom. The Labute approximate surface area is 94.6 Å². The molecular weight excluding hydrogens is 204 g/mol. The summed E-state index contributed by atoms with van der Waals surface area (Å²) in [5.41, 5.74) is 1.64. The fourth-order valence-electron chi connectivity index (χ4n) is 1.53. The molecule has 0 saturated carbocycles. The van der Waals surface area contributed by atoms with Crippen LogP contribution < -0.4 is 5.56 Å². The number of aromatic nitrogens is 1. The van der Waals surface area contributed by atoms with Crippen molar-refractivity contribution in [3.8, 4) is 0 Å². The molecule has 0 bridgehead atoms. The Hall–Kier alpha value is -1.84. The zero-order chi connectivity index (χ0) is 12.3. The van der Waals surface area contributed by atoms with E-state index in [1.165, 1.54) is 13.0 Å². The van der Waals surface area contributed by atoms with Gasteiger partial charge in [0.15, 0.2) is 5.78 Å². The zero-order valence-corrected chi connectivity index (χ0v) is 10.00. The predicted octanol–water partition coefficient (Wildman–Crippen LogP) is 1.42. The van der Waals surface area contributed by atoms with Crippen LogP contribution in [0.25, 0.3) is 6.08 Å². The molecule has 0 aromatic carbocycles. The van der Waals surface area contributed by atoms with Crippen LogP contribution in [0.1, 0.15) is 28.5 Å². The average Bonchev–Trinajstić information content (AvgIpc) is 2.12. The summed E-state index contributed by atoms with van der Waals surface area (Å²) in [5, 5.41) is 0. The number of aryl methyl sites for hydroxylation is 1. The monoisotopic (exact) mass is 220 g/mol. The molecule has 1 rings (SSSR count). The number of ketones is 1. The van der Waals surface area contributed by atoms with Gasteiger partial charge in [-0.15, -0.1) is 0 Å². The van der Waals surface area contributed by atoms with Crippen LogP contribution in [-0.4, -0.2) is 29.8 Å². The lowest BCUT2D eigenvalue weighted by atomic mass is 10.0. The van der Waals surface area contributed by atoms with E-state index in [2.05, 4.69) is 4.98 Å². The third-order valence-corrected chi connectivity index (χ3v) is 2.16. The van der Waals surface area contributed by atoms with Crippen molar-refractivity contribution in [1.29, 1.82) is 0 Å². The fraction of sp³-hybridized carbons (Fsp3) is 0.333. The zero-order valence-electron chi connectivity index (χ0n) is 10.00. The lowest BCUT2D eigenvalue weighted by Crippen LogP contribution is -2.13. The van der Waals surface area contributed by atoms with Crippen LogP contribution in [0.4, 0.5) is 0 Å². The Morgan fingerprint density at radius 2 is 2.06 bits per heavy atom. The fourth-order valence-corrected chi connectivity index (χ4v) is 1.53. The summed E-state index contributed by atoms with van der Waals surface area (Å²) in [4.78, 5) is 27.3. The highest BCUT2D eigenvalue weighted by atomic mass is 16.1. The number of pyridine rings is 1. The third kappa shape index (κ3) is 2.82. The Balaban J connectivity index is 3.35. The molecule has 0 aliphatic heterocycles. The van der Waals surface area contributed by atoms with E-state index in [9.17, 15) is 9.59 Å². The molecule has 4 nitrogen and oxygen atoms in total. The minimum atomic E-state index is -0.194. The summed E-state index contributed by atoms with van der Waals surface area (Å²) in [5.74, 6) is -0.0489. The normalized spacial score (nSPS) is 10.8. The predicted molar refractivity (Wildman–Crippen MR) is 64.5 cm³/mol. The number of aromatic amines is 1. The quantitative estimate of drug-likeness (QED) is 0.784. The molecule has 1 aromatic rings. The van der Waals surface area contributed by atoms with Crippen molar-refractivity contribution in [3.05, 3.63) is 39.4 Å². The lowest BCUT2D eigenvalue weighted by molar-refractivity contribution is 0.101. The molecule has 1 heterocycles. The molecule has 16 heavy (non-hydrogen) atoms. The van der Waals surface area contributed by atoms with Crippen LogP contribution in [-0.2, 0) is 0 Å². The first-order chi connectivity index (χ1) is 7.41. The number of H-pyrrole nitrogens is 1. The average molecular weight is 220 g/mol. The van der Waals surface area contributed by atoms with Gasteiger partial charge < -0.3 is 9.88 Å². The van der Waals surface area contributed by atoms with E-state index >= 15 is 0 Å². The standard InChI is InChI=1S/C12H16N2O2/c1-8-7-11(16)13-10(5-6-14(3)4)12(8)9(2)15/h5-7H,1-4H3,(H,13,16)/b6-5+. The molecule has 1 N–H and O–H groups in total. The van der Waals surface area contributed by atoms with Gasteiger partial charge in [0, 0.05) is 31.9 Å². The minimum absolute atomic E-state index is 0.0489. The Bertz CT molecular complexity index is 484. The number of rotatable bonds is 3. The molecule has 86 valence electrons. The molecule has 0 aliphatic carbocycles. The molecule has 0 spiro atoms. The first kappa shape index (κ1) is 12.2. The van der Waals surface area contributed by atoms with Crippen molar-refractivity contribution in [3.63, 3.8) is 0 Å². The van der Waals surface area contributed by atoms with E-state index in [1.54, 1.807) is 19.2 Å². The number of nitrogens with zero attached hydrogens (tertiary/aromatic N) is 1. The highest BCUT2D eigenvalue weighted by Gasteiger charge is 2.09. The molecule has 1 aromatic heterocycles. The van der Waals surface area contributed by atoms with Gasteiger partial charge in [0.25, 0.3) is 0 Å². The molecule has 0 amide bonds. The van der Waals surface area contributed by atoms with Crippen molar-refractivity contribution in [1.82, 2.24) is 9.88 Å². The van der Waals surface area contributed by atoms with Crippen LogP contribution >= 0.6 is 0 Å². The maximum absolute atomic E-state index is 11.5. The summed E-state index contributed by atoms with van der Waals surface area (Å²) < 4.78 is 0. The summed E-state index contributed by atoms with van der Waals surface area (Å²) in [6.45, 7) is 3.26. The van der Waals surface area contributed by atoms with Crippen LogP contribution in [0.2, 0.25) is 0 Å². The molecule has 0 fully saturated rings. The largest absolute Gasteiger partial charge is 0.383 e. The third-order valence-electron chi connectivity index (χ3n) is 2.16. The molecular formula is C12H16N2O2. The van der Waals surface area contributed by atoms with Gasteiger partial charge in [-0.1, -0.05) is 0 Å². The summed E-state index contributed by atoms with van der Waals surface area (Å²) in [6.07, 6.45) is 3.52. The van der Waals surface area contributed by atoms with Crippen molar-refractivity contribution >= 4 is 11.9 Å². The minimum Gasteiger partial charge on any atom is -0.383 e. The van der Waals surface area contributed by atoms with Gasteiger partial charge in [-0.2, -0.15) is 0 Å². The van der Waals surface area contributed by atoms with E-state index in [1.807, 2.05) is 19.0 Å². The number of Topliss-reactive ketones (excluding diaryl/α,β-unsaturated/α-hetero) is 1. The van der Waals surface area contributed by atoms with Gasteiger partial charge >= 0.3 is 0 Å². The van der Waals surface area contributed by atoms with Gasteiger partial charge in [-0.25, -0.2) is 0 Å². The van der Waals surface area contributed by atoms with E-state index in [0.29, 0.717) is 16.8 Å². The number of hydrogen-bond donors (Lipinski definition) is 1. The maximum atomic E-state index is 11.5. The van der Waals surface area contributed by atoms with E-state index in [4.69, 9.17) is 0 Å². The van der Waals surface area contributed by atoms with Crippen molar-refractivity contribution in [2.45, 2.75) is 13.8 Å². The molecule has 0 atom stereocenters. The smallest absolute Gasteiger partial charge is 0.248 e. The number of hydrogen-bond acceptors (Lipinski definition) is 3.